The van der Waals surface area contributed by atoms with E-state index in [2.05, 4.69) is 58.6 Å². The molecule has 0 unspecified atom stereocenters. The van der Waals surface area contributed by atoms with Gasteiger partial charge in [-0.2, -0.15) is 0 Å². The highest BCUT2D eigenvalue weighted by atomic mass is 16.4. The lowest BCUT2D eigenvalue weighted by molar-refractivity contribution is 0.423. The number of anilines is 1. The molecule has 0 aliphatic carbocycles. The van der Waals surface area contributed by atoms with Gasteiger partial charge in [0.25, 0.3) is 0 Å². The molecule has 0 radical (unpaired) electrons. The summed E-state index contributed by atoms with van der Waals surface area (Å²) in [5.74, 6) is 1.75. The van der Waals surface area contributed by atoms with Gasteiger partial charge in [0.2, 0.25) is 5.89 Å². The fraction of sp³-hybridized carbons (Fsp3) is 0.423. The summed E-state index contributed by atoms with van der Waals surface area (Å²) in [5.41, 5.74) is 5.32. The van der Waals surface area contributed by atoms with Crippen LogP contribution in [0.2, 0.25) is 0 Å². The number of benzene rings is 2. The predicted octanol–water partition coefficient (Wildman–Crippen LogP) is 6.68. The van der Waals surface area contributed by atoms with Gasteiger partial charge >= 0.3 is 0 Å². The van der Waals surface area contributed by atoms with Gasteiger partial charge in [-0.1, -0.05) is 41.5 Å². The number of aryl methyl sites for hydroxylation is 1. The Balaban J connectivity index is 2.14. The predicted molar refractivity (Wildman–Crippen MR) is 126 cm³/mol. The van der Waals surface area contributed by atoms with Gasteiger partial charge in [0.05, 0.1) is 0 Å². The van der Waals surface area contributed by atoms with Crippen LogP contribution in [0.25, 0.3) is 22.7 Å². The molecular weight excluding hydrogens is 372 g/mol. The van der Waals surface area contributed by atoms with E-state index in [4.69, 9.17) is 9.40 Å². The molecule has 4 heteroatoms. The molecule has 0 spiro atoms. The highest BCUT2D eigenvalue weighted by Crippen LogP contribution is 2.42. The number of aromatic nitrogens is 1. The molecule has 4 nitrogen and oxygen atoms in total. The van der Waals surface area contributed by atoms with Crippen LogP contribution in [0.1, 0.15) is 58.4 Å². The summed E-state index contributed by atoms with van der Waals surface area (Å²) in [6, 6.07) is 12.3. The topological polar surface area (TPSA) is 49.5 Å². The van der Waals surface area contributed by atoms with Crippen molar-refractivity contribution in [2.75, 3.05) is 19.0 Å². The molecule has 0 aliphatic heterocycles. The first kappa shape index (κ1) is 21.9. The van der Waals surface area contributed by atoms with Crippen molar-refractivity contribution in [1.82, 2.24) is 4.98 Å². The molecule has 0 fully saturated rings. The third kappa shape index (κ3) is 4.23. The van der Waals surface area contributed by atoms with Crippen LogP contribution in [0, 0.1) is 6.92 Å². The maximum absolute atomic E-state index is 11.0. The maximum atomic E-state index is 11.0. The molecule has 0 atom stereocenters. The van der Waals surface area contributed by atoms with Crippen LogP contribution < -0.4 is 4.90 Å². The maximum Gasteiger partial charge on any atom is 0.226 e. The van der Waals surface area contributed by atoms with Crippen molar-refractivity contribution in [3.05, 3.63) is 53.3 Å². The Labute approximate surface area is 180 Å². The van der Waals surface area contributed by atoms with Crippen molar-refractivity contribution in [2.24, 2.45) is 0 Å². The van der Waals surface area contributed by atoms with E-state index in [9.17, 15) is 5.11 Å². The molecule has 0 amide bonds. The number of nitrogens with zero attached hydrogens (tertiary/aromatic N) is 2. The molecule has 0 saturated heterocycles. The molecule has 3 rings (SSSR count). The second-order valence-corrected chi connectivity index (χ2v) is 10.3. The number of rotatable bonds is 3. The molecule has 0 aliphatic rings. The molecule has 0 saturated carbocycles. The first-order valence-electron chi connectivity index (χ1n) is 10.4. The number of hydrogen-bond acceptors (Lipinski definition) is 4. The molecule has 3 aromatic rings. The average molecular weight is 407 g/mol. The first-order valence-corrected chi connectivity index (χ1v) is 10.4. The summed E-state index contributed by atoms with van der Waals surface area (Å²) < 4.78 is 6.05. The van der Waals surface area contributed by atoms with Crippen molar-refractivity contribution in [1.29, 1.82) is 0 Å². The second-order valence-electron chi connectivity index (χ2n) is 10.3. The van der Waals surface area contributed by atoms with Crippen LogP contribution >= 0.6 is 0 Å². The van der Waals surface area contributed by atoms with Crippen LogP contribution in [0.15, 0.2) is 40.8 Å². The van der Waals surface area contributed by atoms with Gasteiger partial charge in [0, 0.05) is 42.0 Å². The van der Waals surface area contributed by atoms with Crippen LogP contribution in [-0.2, 0) is 10.8 Å². The van der Waals surface area contributed by atoms with Gasteiger partial charge in [0.1, 0.15) is 17.2 Å². The van der Waals surface area contributed by atoms with Gasteiger partial charge in [0.15, 0.2) is 0 Å². The minimum absolute atomic E-state index is 0.192. The van der Waals surface area contributed by atoms with E-state index < -0.39 is 0 Å². The fourth-order valence-electron chi connectivity index (χ4n) is 3.60. The third-order valence-electron chi connectivity index (χ3n) is 5.43. The average Bonchev–Trinajstić information content (AvgIpc) is 3.02. The van der Waals surface area contributed by atoms with Crippen molar-refractivity contribution in [3.8, 4) is 28.5 Å². The minimum Gasteiger partial charge on any atom is -0.507 e. The van der Waals surface area contributed by atoms with E-state index in [1.165, 1.54) is 0 Å². The largest absolute Gasteiger partial charge is 0.507 e. The Morgan fingerprint density at radius 1 is 0.833 bits per heavy atom. The van der Waals surface area contributed by atoms with E-state index in [0.29, 0.717) is 11.6 Å². The summed E-state index contributed by atoms with van der Waals surface area (Å²) in [6.07, 6.45) is 0. The number of phenols is 1. The van der Waals surface area contributed by atoms with E-state index in [0.717, 1.165) is 39.4 Å². The molecule has 0 bridgehead atoms. The number of oxazole rings is 1. The Hall–Kier alpha value is -2.75. The first-order chi connectivity index (χ1) is 13.8. The Morgan fingerprint density at radius 2 is 1.33 bits per heavy atom. The normalized spacial score (nSPS) is 12.3. The summed E-state index contributed by atoms with van der Waals surface area (Å²) in [7, 11) is 4.04. The monoisotopic (exact) mass is 406 g/mol. The number of aromatic hydroxyl groups is 1. The second kappa shape index (κ2) is 7.50. The van der Waals surface area contributed by atoms with E-state index in [1.807, 2.05) is 45.3 Å². The third-order valence-corrected chi connectivity index (χ3v) is 5.43. The van der Waals surface area contributed by atoms with Crippen molar-refractivity contribution in [2.45, 2.75) is 59.3 Å². The number of hydrogen-bond donors (Lipinski definition) is 1. The number of phenolic OH excluding ortho intramolecular Hbond substituents is 1. The highest BCUT2D eigenvalue weighted by molar-refractivity contribution is 5.70. The molecule has 30 heavy (non-hydrogen) atoms. The van der Waals surface area contributed by atoms with Gasteiger partial charge in [-0.15, -0.1) is 0 Å². The Morgan fingerprint density at radius 3 is 1.77 bits per heavy atom. The minimum atomic E-state index is -0.192. The summed E-state index contributed by atoms with van der Waals surface area (Å²) in [6.45, 7) is 14.6. The van der Waals surface area contributed by atoms with E-state index in [1.54, 1.807) is 0 Å². The van der Waals surface area contributed by atoms with Gasteiger partial charge in [-0.3, -0.25) is 0 Å². The zero-order valence-corrected chi connectivity index (χ0v) is 19.7. The van der Waals surface area contributed by atoms with Crippen molar-refractivity contribution >= 4 is 5.69 Å². The summed E-state index contributed by atoms with van der Waals surface area (Å²) in [4.78, 5) is 6.90. The van der Waals surface area contributed by atoms with Gasteiger partial charge in [-0.25, -0.2) is 4.98 Å². The Bertz CT molecular complexity index is 1010. The SMILES string of the molecule is Cc1oc(-c2ccc(N(C)C)cc2)nc1-c1cc(C(C)(C)C)c(O)c(C(C)(C)C)c1. The molecule has 1 heterocycles. The van der Waals surface area contributed by atoms with Crippen LogP contribution in [-0.4, -0.2) is 24.2 Å². The molecule has 1 N–H and O–H groups in total. The molecule has 2 aromatic carbocycles. The molecular formula is C26H34N2O2. The lowest BCUT2D eigenvalue weighted by Crippen LogP contribution is -2.17. The van der Waals surface area contributed by atoms with Crippen LogP contribution in [0.4, 0.5) is 5.69 Å². The lowest BCUT2D eigenvalue weighted by Gasteiger charge is -2.28. The van der Waals surface area contributed by atoms with Crippen molar-refractivity contribution < 1.29 is 9.52 Å². The van der Waals surface area contributed by atoms with E-state index >= 15 is 0 Å². The smallest absolute Gasteiger partial charge is 0.226 e. The van der Waals surface area contributed by atoms with Crippen LogP contribution in [0.5, 0.6) is 5.75 Å². The quantitative estimate of drug-likeness (QED) is 0.527. The summed E-state index contributed by atoms with van der Waals surface area (Å²) >= 11 is 0. The molecule has 160 valence electrons. The van der Waals surface area contributed by atoms with Gasteiger partial charge < -0.3 is 14.4 Å². The zero-order valence-electron chi connectivity index (χ0n) is 19.7. The zero-order chi connectivity index (χ0) is 22.4. The standard InChI is InChI=1S/C26H34N2O2/c1-16-22(27-24(30-16)17-10-12-19(13-11-17)28(8)9)18-14-20(25(2,3)4)23(29)21(15-18)26(5,6)7/h10-15,29H,1-9H3. The lowest BCUT2D eigenvalue weighted by atomic mass is 9.78. The highest BCUT2D eigenvalue weighted by Gasteiger charge is 2.28. The van der Waals surface area contributed by atoms with E-state index in [-0.39, 0.29) is 10.8 Å². The van der Waals surface area contributed by atoms with Gasteiger partial charge in [-0.05, 0) is 54.2 Å². The van der Waals surface area contributed by atoms with Crippen molar-refractivity contribution in [3.63, 3.8) is 0 Å². The Kier molecular flexibility index (Phi) is 5.48. The summed E-state index contributed by atoms with van der Waals surface area (Å²) in [5, 5.41) is 11.0. The molecule has 1 aromatic heterocycles. The van der Waals surface area contributed by atoms with Crippen LogP contribution in [0.3, 0.4) is 0 Å². The fourth-order valence-corrected chi connectivity index (χ4v) is 3.60.